The van der Waals surface area contributed by atoms with Gasteiger partial charge < -0.3 is 10.2 Å². The minimum absolute atomic E-state index is 0.0750. The predicted molar refractivity (Wildman–Crippen MR) is 134 cm³/mol. The number of alkyl halides is 2. The van der Waals surface area contributed by atoms with Crippen LogP contribution in [0, 0.1) is 0 Å². The third-order valence-electron chi connectivity index (χ3n) is 5.86. The van der Waals surface area contributed by atoms with Crippen LogP contribution in [0.5, 0.6) is 0 Å². The van der Waals surface area contributed by atoms with E-state index in [1.165, 1.54) is 22.8 Å². The molecule has 0 aliphatic heterocycles. The molecule has 2 aromatic carbocycles. The summed E-state index contributed by atoms with van der Waals surface area (Å²) in [7, 11) is -3.05. The van der Waals surface area contributed by atoms with E-state index >= 15 is 8.78 Å². The molecule has 3 rings (SSSR count). The van der Waals surface area contributed by atoms with Crippen LogP contribution in [0.15, 0.2) is 84.8 Å². The van der Waals surface area contributed by atoms with Crippen LogP contribution in [-0.2, 0) is 15.9 Å². The van der Waals surface area contributed by atoms with E-state index in [4.69, 9.17) is 10.2 Å². The highest BCUT2D eigenvalue weighted by Crippen LogP contribution is 2.40. The Morgan fingerprint density at radius 1 is 0.969 bits per heavy atom. The van der Waals surface area contributed by atoms with E-state index in [0.717, 1.165) is 10.4 Å². The van der Waals surface area contributed by atoms with Crippen molar-refractivity contribution in [2.75, 3.05) is 6.61 Å². The number of rotatable bonds is 8. The molecule has 0 radical (unpaired) electrons. The van der Waals surface area contributed by atoms with Crippen LogP contribution in [-0.4, -0.2) is 14.9 Å². The van der Waals surface area contributed by atoms with Crippen molar-refractivity contribution in [2.24, 2.45) is 5.73 Å². The molecule has 0 amide bonds. The van der Waals surface area contributed by atoms with Gasteiger partial charge in [0.15, 0.2) is 0 Å². The molecular weight excluding hydrogens is 440 g/mol. The van der Waals surface area contributed by atoms with Crippen LogP contribution in [0.25, 0.3) is 0 Å². The lowest BCUT2D eigenvalue weighted by atomic mass is 10.0. The molecule has 6 heteroatoms. The van der Waals surface area contributed by atoms with Crippen molar-refractivity contribution in [3.8, 4) is 0 Å². The van der Waals surface area contributed by atoms with Crippen LogP contribution >= 0.6 is 11.3 Å². The molecule has 0 saturated heterocycles. The van der Waals surface area contributed by atoms with Crippen molar-refractivity contribution in [3.05, 3.63) is 95.2 Å². The molecule has 0 spiro atoms. The third-order valence-corrected chi connectivity index (χ3v) is 12.0. The van der Waals surface area contributed by atoms with Gasteiger partial charge in [-0.25, -0.2) is 0 Å². The SMILES string of the molecule is C=C[C@](C)(N)c1cc(C(F)(F)CO[Si](c2ccccc2)(c2ccccc2)C(C)(C)C)cs1. The van der Waals surface area contributed by atoms with Crippen molar-refractivity contribution >= 4 is 30.0 Å². The van der Waals surface area contributed by atoms with Crippen molar-refractivity contribution in [2.45, 2.75) is 44.2 Å². The zero-order valence-electron chi connectivity index (χ0n) is 19.1. The predicted octanol–water partition coefficient (Wildman–Crippen LogP) is 5.78. The van der Waals surface area contributed by atoms with E-state index in [1.807, 2.05) is 60.7 Å². The van der Waals surface area contributed by atoms with E-state index in [1.54, 1.807) is 13.0 Å². The molecule has 1 atom stereocenters. The molecule has 32 heavy (non-hydrogen) atoms. The largest absolute Gasteiger partial charge is 0.401 e. The quantitative estimate of drug-likeness (QED) is 0.334. The lowest BCUT2D eigenvalue weighted by Crippen LogP contribution is -2.67. The third kappa shape index (κ3) is 4.64. The van der Waals surface area contributed by atoms with Crippen molar-refractivity contribution in [1.29, 1.82) is 0 Å². The van der Waals surface area contributed by atoms with Gasteiger partial charge in [0.1, 0.15) is 6.61 Å². The Morgan fingerprint density at radius 2 is 1.47 bits per heavy atom. The lowest BCUT2D eigenvalue weighted by molar-refractivity contribution is -0.0494. The van der Waals surface area contributed by atoms with Crippen LogP contribution in [0.2, 0.25) is 5.04 Å². The van der Waals surface area contributed by atoms with Gasteiger partial charge in [-0.1, -0.05) is 87.5 Å². The van der Waals surface area contributed by atoms with Crippen molar-refractivity contribution in [3.63, 3.8) is 0 Å². The highest BCUT2D eigenvalue weighted by atomic mass is 32.1. The zero-order chi connectivity index (χ0) is 23.6. The molecule has 1 aromatic heterocycles. The summed E-state index contributed by atoms with van der Waals surface area (Å²) in [4.78, 5) is 0.646. The van der Waals surface area contributed by atoms with E-state index in [9.17, 15) is 0 Å². The summed E-state index contributed by atoms with van der Waals surface area (Å²) in [6, 6.07) is 21.1. The summed E-state index contributed by atoms with van der Waals surface area (Å²) >= 11 is 1.22. The van der Waals surface area contributed by atoms with Crippen molar-refractivity contribution in [1.82, 2.24) is 0 Å². The smallest absolute Gasteiger partial charge is 0.295 e. The van der Waals surface area contributed by atoms with Crippen LogP contribution < -0.4 is 16.1 Å². The van der Waals surface area contributed by atoms with Gasteiger partial charge in [0.25, 0.3) is 14.2 Å². The average molecular weight is 472 g/mol. The summed E-state index contributed by atoms with van der Waals surface area (Å²) < 4.78 is 37.3. The average Bonchev–Trinajstić information content (AvgIpc) is 3.27. The first-order valence-corrected chi connectivity index (χ1v) is 13.4. The number of thiophene rings is 1. The number of hydrogen-bond donors (Lipinski definition) is 1. The summed E-state index contributed by atoms with van der Waals surface area (Å²) in [5.41, 5.74) is 5.24. The molecular formula is C26H31F2NOSSi. The maximum absolute atomic E-state index is 15.4. The van der Waals surface area contributed by atoms with Crippen molar-refractivity contribution < 1.29 is 13.2 Å². The summed E-state index contributed by atoms with van der Waals surface area (Å²) in [6.07, 6.45) is 1.57. The van der Waals surface area contributed by atoms with Gasteiger partial charge in [-0.2, -0.15) is 8.78 Å². The number of hydrogen-bond acceptors (Lipinski definition) is 3. The second-order valence-corrected chi connectivity index (χ2v) is 14.6. The molecule has 1 heterocycles. The molecule has 0 fully saturated rings. The van der Waals surface area contributed by atoms with Crippen LogP contribution in [0.1, 0.15) is 38.1 Å². The molecule has 3 aromatic rings. The van der Waals surface area contributed by atoms with Gasteiger partial charge in [-0.3, -0.25) is 0 Å². The maximum atomic E-state index is 15.4. The van der Waals surface area contributed by atoms with Crippen LogP contribution in [0.4, 0.5) is 8.78 Å². The van der Waals surface area contributed by atoms with E-state index < -0.39 is 26.4 Å². The Bertz CT molecular complexity index is 1000. The minimum atomic E-state index is -3.15. The molecule has 2 nitrogen and oxygen atoms in total. The highest BCUT2D eigenvalue weighted by Gasteiger charge is 2.52. The topological polar surface area (TPSA) is 35.2 Å². The fourth-order valence-electron chi connectivity index (χ4n) is 3.95. The monoisotopic (exact) mass is 471 g/mol. The van der Waals surface area contributed by atoms with E-state index in [0.29, 0.717) is 4.88 Å². The molecule has 0 unspecified atom stereocenters. The summed E-state index contributed by atoms with van der Waals surface area (Å²) in [5, 5.41) is 3.05. The molecule has 170 valence electrons. The van der Waals surface area contributed by atoms with Crippen LogP contribution in [0.3, 0.4) is 0 Å². The highest BCUT2D eigenvalue weighted by molar-refractivity contribution is 7.10. The first-order valence-electron chi connectivity index (χ1n) is 10.6. The Labute approximate surface area is 194 Å². The van der Waals surface area contributed by atoms with Gasteiger partial charge in [0.05, 0.1) is 5.54 Å². The second-order valence-electron chi connectivity index (χ2n) is 9.34. The van der Waals surface area contributed by atoms with Gasteiger partial charge in [-0.05, 0) is 28.4 Å². The van der Waals surface area contributed by atoms with Gasteiger partial charge in [-0.15, -0.1) is 17.9 Å². The molecule has 0 bridgehead atoms. The Morgan fingerprint density at radius 3 is 1.91 bits per heavy atom. The standard InChI is InChI=1S/C26H31F2NOSSi/c1-6-25(5,29)23-17-20(18-31-23)26(27,28)19-30-32(24(2,3)4,21-13-9-7-10-14-21)22-15-11-8-12-16-22/h6-18H,1,19,29H2,2-5H3/t25-/m0/s1. The number of nitrogens with two attached hydrogens (primary N) is 1. The molecule has 0 saturated carbocycles. The number of halogens is 2. The summed E-state index contributed by atoms with van der Waals surface area (Å²) in [5.74, 6) is -3.15. The second kappa shape index (κ2) is 9.02. The fraction of sp³-hybridized carbons (Fsp3) is 0.308. The maximum Gasteiger partial charge on any atom is 0.295 e. The molecule has 2 N–H and O–H groups in total. The Kier molecular flexibility index (Phi) is 6.91. The fourth-order valence-corrected chi connectivity index (χ4v) is 9.53. The van der Waals surface area contributed by atoms with Gasteiger partial charge >= 0.3 is 0 Å². The first-order chi connectivity index (χ1) is 14.9. The van der Waals surface area contributed by atoms with E-state index in [2.05, 4.69) is 27.4 Å². The normalized spacial score (nSPS) is 14.7. The minimum Gasteiger partial charge on any atom is -0.401 e. The Hall–Kier alpha value is -2.12. The zero-order valence-corrected chi connectivity index (χ0v) is 20.9. The first kappa shape index (κ1) is 24.5. The lowest BCUT2D eigenvalue weighted by Gasteiger charge is -2.43. The van der Waals surface area contributed by atoms with Gasteiger partial charge in [0.2, 0.25) is 0 Å². The van der Waals surface area contributed by atoms with Gasteiger partial charge in [0, 0.05) is 15.8 Å². The Balaban J connectivity index is 2.04. The molecule has 0 aliphatic carbocycles. The summed E-state index contributed by atoms with van der Waals surface area (Å²) in [6.45, 7) is 11.0. The number of benzene rings is 2. The molecule has 0 aliphatic rings. The van der Waals surface area contributed by atoms with E-state index in [-0.39, 0.29) is 10.6 Å².